The molecule has 0 aliphatic rings. The number of carbonyl (C=O) groups is 3. The van der Waals surface area contributed by atoms with E-state index in [1.165, 1.54) is 0 Å². The average Bonchev–Trinajstić information content (AvgIpc) is 2.76. The lowest BCUT2D eigenvalue weighted by atomic mass is 10.2. The summed E-state index contributed by atoms with van der Waals surface area (Å²) >= 11 is 5.86. The quantitative estimate of drug-likeness (QED) is 0.190. The van der Waals surface area contributed by atoms with Crippen LogP contribution in [0.3, 0.4) is 0 Å². The first-order valence-corrected chi connectivity index (χ1v) is 9.90. The lowest BCUT2D eigenvalue weighted by molar-refractivity contribution is -0.146. The Kier molecular flexibility index (Phi) is 9.38. The van der Waals surface area contributed by atoms with Crippen molar-refractivity contribution in [3.8, 4) is 5.75 Å². The number of nitrogens with one attached hydrogen (secondary N) is 2. The molecule has 9 heteroatoms. The first-order valence-electron chi connectivity index (χ1n) is 9.52. The minimum Gasteiger partial charge on any atom is -0.489 e. The second-order valence-corrected chi connectivity index (χ2v) is 6.47. The van der Waals surface area contributed by atoms with Crippen LogP contribution >= 0.6 is 11.6 Å². The Morgan fingerprint density at radius 3 is 2.03 bits per heavy atom. The third kappa shape index (κ3) is 7.67. The topological polar surface area (TPSA) is 103 Å². The van der Waals surface area contributed by atoms with Gasteiger partial charge in [-0.15, -0.1) is 0 Å². The van der Waals surface area contributed by atoms with Gasteiger partial charge in [0.1, 0.15) is 12.4 Å². The first kappa shape index (κ1) is 23.8. The molecule has 0 bridgehead atoms. The largest absolute Gasteiger partial charge is 0.489 e. The van der Waals surface area contributed by atoms with Crippen LogP contribution in [0.15, 0.2) is 60.3 Å². The molecule has 164 valence electrons. The lowest BCUT2D eigenvalue weighted by Crippen LogP contribution is -2.35. The number of benzene rings is 2. The van der Waals surface area contributed by atoms with E-state index in [4.69, 9.17) is 25.8 Å². The molecule has 0 saturated heterocycles. The predicted molar refractivity (Wildman–Crippen MR) is 114 cm³/mol. The van der Waals surface area contributed by atoms with Crippen molar-refractivity contribution >= 4 is 29.4 Å². The number of hydrogen-bond donors (Lipinski definition) is 2. The molecule has 0 aromatic heterocycles. The summed E-state index contributed by atoms with van der Waals surface area (Å²) in [5.74, 6) is -1.60. The average molecular weight is 447 g/mol. The fourth-order valence-electron chi connectivity index (χ4n) is 2.31. The van der Waals surface area contributed by atoms with Crippen molar-refractivity contribution in [2.45, 2.75) is 20.5 Å². The van der Waals surface area contributed by atoms with Gasteiger partial charge in [0.2, 0.25) is 0 Å². The highest BCUT2D eigenvalue weighted by Crippen LogP contribution is 2.15. The zero-order valence-corrected chi connectivity index (χ0v) is 17.9. The predicted octanol–water partition coefficient (Wildman–Crippen LogP) is 3.16. The van der Waals surface area contributed by atoms with Gasteiger partial charge in [-0.25, -0.2) is 9.59 Å². The van der Waals surface area contributed by atoms with Crippen LogP contribution in [0, 0.1) is 0 Å². The number of rotatable bonds is 10. The van der Waals surface area contributed by atoms with Gasteiger partial charge in [-0.2, -0.15) is 0 Å². The Balaban J connectivity index is 1.91. The molecule has 2 N–H and O–H groups in total. The highest BCUT2D eigenvalue weighted by molar-refractivity contribution is 6.30. The van der Waals surface area contributed by atoms with E-state index < -0.39 is 17.8 Å². The maximum Gasteiger partial charge on any atom is 0.347 e. The second-order valence-electron chi connectivity index (χ2n) is 6.04. The molecule has 8 nitrogen and oxygen atoms in total. The van der Waals surface area contributed by atoms with Crippen LogP contribution in [0.2, 0.25) is 5.02 Å². The van der Waals surface area contributed by atoms with E-state index >= 15 is 0 Å². The van der Waals surface area contributed by atoms with Crippen molar-refractivity contribution in [1.29, 1.82) is 0 Å². The third-order valence-electron chi connectivity index (χ3n) is 3.83. The second kappa shape index (κ2) is 12.2. The lowest BCUT2D eigenvalue weighted by Gasteiger charge is -2.09. The smallest absolute Gasteiger partial charge is 0.347 e. The molecular weight excluding hydrogens is 424 g/mol. The summed E-state index contributed by atoms with van der Waals surface area (Å²) in [5.41, 5.74) is 5.73. The Hall–Kier alpha value is -3.52. The molecule has 0 saturated carbocycles. The van der Waals surface area contributed by atoms with Crippen molar-refractivity contribution in [1.82, 2.24) is 10.9 Å². The molecule has 2 aromatic rings. The van der Waals surface area contributed by atoms with Crippen molar-refractivity contribution in [3.63, 3.8) is 0 Å². The minimum absolute atomic E-state index is 0.0916. The van der Waals surface area contributed by atoms with Gasteiger partial charge in [0, 0.05) is 16.8 Å². The molecule has 0 heterocycles. The zero-order chi connectivity index (χ0) is 22.6. The van der Waals surface area contributed by atoms with Gasteiger partial charge in [-0.1, -0.05) is 23.7 Å². The number of ether oxygens (including phenoxy) is 3. The van der Waals surface area contributed by atoms with Crippen molar-refractivity contribution in [2.24, 2.45) is 0 Å². The molecule has 0 atom stereocenters. The zero-order valence-electron chi connectivity index (χ0n) is 17.1. The minimum atomic E-state index is -0.857. The summed E-state index contributed by atoms with van der Waals surface area (Å²) in [6.45, 7) is 3.76. The third-order valence-corrected chi connectivity index (χ3v) is 4.08. The van der Waals surface area contributed by atoms with Gasteiger partial charge < -0.3 is 19.6 Å². The summed E-state index contributed by atoms with van der Waals surface area (Å²) in [4.78, 5) is 36.0. The van der Waals surface area contributed by atoms with Crippen LogP contribution in [0.25, 0.3) is 0 Å². The van der Waals surface area contributed by atoms with E-state index in [0.717, 1.165) is 11.8 Å². The fourth-order valence-corrected chi connectivity index (χ4v) is 2.44. The van der Waals surface area contributed by atoms with E-state index in [0.29, 0.717) is 22.9 Å². The highest BCUT2D eigenvalue weighted by atomic mass is 35.5. The Bertz CT molecular complexity index is 906. The van der Waals surface area contributed by atoms with E-state index in [1.807, 2.05) is 12.1 Å². The molecule has 0 spiro atoms. The van der Waals surface area contributed by atoms with Crippen LogP contribution < -0.4 is 15.6 Å². The van der Waals surface area contributed by atoms with E-state index in [1.54, 1.807) is 50.2 Å². The normalized spacial score (nSPS) is 9.90. The number of hydrogen-bond acceptors (Lipinski definition) is 7. The monoisotopic (exact) mass is 446 g/mol. The van der Waals surface area contributed by atoms with Crippen LogP contribution in [-0.2, 0) is 25.7 Å². The van der Waals surface area contributed by atoms with Gasteiger partial charge in [0.25, 0.3) is 5.91 Å². The van der Waals surface area contributed by atoms with E-state index in [2.05, 4.69) is 10.9 Å². The number of esters is 2. The summed E-state index contributed by atoms with van der Waals surface area (Å²) in [7, 11) is 0. The Morgan fingerprint density at radius 2 is 1.48 bits per heavy atom. The van der Waals surface area contributed by atoms with Crippen molar-refractivity contribution in [3.05, 3.63) is 76.5 Å². The summed E-state index contributed by atoms with van der Waals surface area (Å²) in [5, 5.41) is 0.652. The molecule has 0 aliphatic heterocycles. The van der Waals surface area contributed by atoms with Crippen LogP contribution in [0.5, 0.6) is 5.75 Å². The molecule has 0 aliphatic carbocycles. The van der Waals surface area contributed by atoms with Gasteiger partial charge in [0.15, 0.2) is 5.57 Å². The van der Waals surface area contributed by atoms with Crippen LogP contribution in [-0.4, -0.2) is 31.1 Å². The fraction of sp³-hybridized carbons (Fsp3) is 0.227. The molecule has 2 aromatic carbocycles. The van der Waals surface area contributed by atoms with Crippen molar-refractivity contribution < 1.29 is 28.6 Å². The highest BCUT2D eigenvalue weighted by Gasteiger charge is 2.21. The molecular formula is C22H23ClN2O6. The summed E-state index contributed by atoms with van der Waals surface area (Å²) < 4.78 is 15.3. The summed E-state index contributed by atoms with van der Waals surface area (Å²) in [6, 6.07) is 13.8. The maximum absolute atomic E-state index is 12.3. The van der Waals surface area contributed by atoms with Gasteiger partial charge in [0.05, 0.1) is 13.2 Å². The van der Waals surface area contributed by atoms with Crippen molar-refractivity contribution in [2.75, 3.05) is 13.2 Å². The molecule has 31 heavy (non-hydrogen) atoms. The molecule has 0 radical (unpaired) electrons. The number of halogens is 1. The first-order chi connectivity index (χ1) is 14.9. The number of amides is 1. The number of hydrazine groups is 1. The molecule has 0 fully saturated rings. The van der Waals surface area contributed by atoms with E-state index in [-0.39, 0.29) is 18.8 Å². The molecule has 2 rings (SSSR count). The van der Waals surface area contributed by atoms with Gasteiger partial charge in [-0.3, -0.25) is 10.2 Å². The van der Waals surface area contributed by atoms with Crippen LogP contribution in [0.1, 0.15) is 29.8 Å². The SMILES string of the molecule is CCOC(=O)C(=CNNC(=O)c1ccc(OCc2ccc(Cl)cc2)cc1)C(=O)OCC. The van der Waals surface area contributed by atoms with Gasteiger partial charge in [-0.05, 0) is 55.8 Å². The van der Waals surface area contributed by atoms with E-state index in [9.17, 15) is 14.4 Å². The Morgan fingerprint density at radius 1 is 0.903 bits per heavy atom. The Labute approximate surface area is 185 Å². The van der Waals surface area contributed by atoms with Gasteiger partial charge >= 0.3 is 11.9 Å². The number of carbonyl (C=O) groups excluding carboxylic acids is 3. The maximum atomic E-state index is 12.3. The standard InChI is InChI=1S/C22H23ClN2O6/c1-3-29-21(27)19(22(28)30-4-2)13-24-25-20(26)16-7-11-18(12-8-16)31-14-15-5-9-17(23)10-6-15/h5-13,24H,3-4,14H2,1-2H3,(H,25,26). The summed E-state index contributed by atoms with van der Waals surface area (Å²) in [6.07, 6.45) is 1.03. The molecule has 0 unspecified atom stereocenters. The molecule has 1 amide bonds. The van der Waals surface area contributed by atoms with Crippen LogP contribution in [0.4, 0.5) is 0 Å².